The molecule has 0 radical (unpaired) electrons. The number of carbonyl (C=O) groups is 1. The molecule has 1 atom stereocenters. The first kappa shape index (κ1) is 14.6. The Morgan fingerprint density at radius 1 is 1.27 bits per heavy atom. The molecule has 0 saturated heterocycles. The average Bonchev–Trinajstić information content (AvgIpc) is 2.02. The number of carboxylic acid groups (broad SMARTS) is 1. The summed E-state index contributed by atoms with van der Waals surface area (Å²) >= 11 is 0. The number of carboxylic acids is 1. The van der Waals surface area contributed by atoms with Crippen LogP contribution in [-0.4, -0.2) is 24.0 Å². The summed E-state index contributed by atoms with van der Waals surface area (Å²) in [5, 5.41) is 6.71. The Kier molecular flexibility index (Phi) is 5.47. The first-order valence-corrected chi connectivity index (χ1v) is 5.17. The van der Waals surface area contributed by atoms with E-state index in [1.165, 1.54) is 24.3 Å². The topological polar surface area (TPSA) is 91.7 Å². The van der Waals surface area contributed by atoms with E-state index in [0.29, 0.717) is 0 Å². The van der Waals surface area contributed by atoms with Crippen molar-refractivity contribution in [1.29, 1.82) is 0 Å². The van der Waals surface area contributed by atoms with E-state index in [1.54, 1.807) is 6.07 Å². The predicted molar refractivity (Wildman–Crippen MR) is 49.5 cm³/mol. The van der Waals surface area contributed by atoms with Crippen LogP contribution in [0.5, 0.6) is 0 Å². The molecule has 2 N–H and O–H groups in total. The van der Waals surface area contributed by atoms with Gasteiger partial charge in [0.25, 0.3) is 10.1 Å². The Morgan fingerprint density at radius 3 is 2.07 bits per heavy atom. The zero-order chi connectivity index (χ0) is 10.8. The second-order valence-corrected chi connectivity index (χ2v) is 4.15. The zero-order valence-corrected chi connectivity index (χ0v) is 10.8. The molecule has 0 aliphatic heterocycles. The smallest absolute Gasteiger partial charge is 1.00 e. The molecule has 0 fully saturated rings. The second kappa shape index (κ2) is 5.62. The molecule has 78 valence electrons. The third-order valence-electron chi connectivity index (χ3n) is 1.62. The molecule has 1 aromatic rings. The summed E-state index contributed by atoms with van der Waals surface area (Å²) in [7, 11) is -4.62. The van der Waals surface area contributed by atoms with Gasteiger partial charge >= 0.3 is 35.5 Å². The molecule has 0 heterocycles. The Labute approximate surface area is 111 Å². The fourth-order valence-electron chi connectivity index (χ4n) is 1.07. The molecule has 0 bridgehead atoms. The van der Waals surface area contributed by atoms with Crippen LogP contribution in [-0.2, 0) is 14.9 Å². The van der Waals surface area contributed by atoms with Gasteiger partial charge in [-0.25, -0.2) is 0 Å². The van der Waals surface area contributed by atoms with E-state index in [1.807, 2.05) is 0 Å². The molecular weight excluding hydrogens is 231 g/mol. The molecule has 0 saturated carbocycles. The number of rotatable bonds is 3. The maximum Gasteiger partial charge on any atom is 1.00 e. The van der Waals surface area contributed by atoms with Crippen LogP contribution in [0.1, 0.15) is 12.2 Å². The van der Waals surface area contributed by atoms with E-state index in [-0.39, 0.29) is 36.5 Å². The van der Waals surface area contributed by atoms with Gasteiger partial charge in [-0.2, -0.15) is 8.42 Å². The van der Waals surface area contributed by atoms with Gasteiger partial charge in [-0.05, 0) is 5.56 Å². The molecule has 1 rings (SSSR count). The third-order valence-corrected chi connectivity index (χ3v) is 2.69. The largest absolute Gasteiger partial charge is 1.00 e. The van der Waals surface area contributed by atoms with Gasteiger partial charge in [0.1, 0.15) is 0 Å². The summed E-state index contributed by atoms with van der Waals surface area (Å²) in [6.07, 6.45) is 0. The van der Waals surface area contributed by atoms with Gasteiger partial charge in [0.15, 0.2) is 0 Å². The van der Waals surface area contributed by atoms with Gasteiger partial charge < -0.3 is 6.53 Å². The van der Waals surface area contributed by atoms with E-state index in [2.05, 4.69) is 0 Å². The van der Waals surface area contributed by atoms with Gasteiger partial charge in [0.2, 0.25) is 5.25 Å². The Morgan fingerprint density at radius 2 is 1.73 bits per heavy atom. The molecule has 0 amide bonds. The number of aliphatic carboxylic acids is 1. The molecule has 1 aromatic carbocycles. The Balaban J connectivity index is 0. The summed E-state index contributed by atoms with van der Waals surface area (Å²) in [6.45, 7) is 0. The molecule has 7 heteroatoms. The van der Waals surface area contributed by atoms with Gasteiger partial charge in [-0.15, -0.1) is 0 Å². The molecule has 0 spiro atoms. The van der Waals surface area contributed by atoms with E-state index < -0.39 is 21.3 Å². The predicted octanol–water partition coefficient (Wildman–Crippen LogP) is -2.18. The Bertz CT molecular complexity index is 433. The van der Waals surface area contributed by atoms with Crippen molar-refractivity contribution < 1.29 is 53.9 Å². The van der Waals surface area contributed by atoms with E-state index in [4.69, 9.17) is 9.66 Å². The molecule has 5 nitrogen and oxygen atoms in total. The van der Waals surface area contributed by atoms with Crippen LogP contribution in [0, 0.1) is 0 Å². The van der Waals surface area contributed by atoms with Crippen LogP contribution in [0.15, 0.2) is 30.3 Å². The first-order chi connectivity index (χ1) is 6.43. The summed E-state index contributed by atoms with van der Waals surface area (Å²) in [4.78, 5) is 10.6. The van der Waals surface area contributed by atoms with Crippen molar-refractivity contribution in [2.75, 3.05) is 0 Å². The molecule has 0 aliphatic rings. The van der Waals surface area contributed by atoms with Gasteiger partial charge in [-0.1, -0.05) is 30.3 Å². The number of hydrogen-bond acceptors (Lipinski definition) is 3. The van der Waals surface area contributed by atoms with Crippen molar-refractivity contribution in [3.05, 3.63) is 35.9 Å². The van der Waals surface area contributed by atoms with Gasteiger partial charge in [0, 0.05) is 0 Å². The van der Waals surface area contributed by atoms with Crippen LogP contribution in [0.3, 0.4) is 0 Å². The molecule has 0 aromatic heterocycles. The molecule has 0 aliphatic carbocycles. The molecular formula is C8H9NaO5S. The fourth-order valence-corrected chi connectivity index (χ4v) is 1.83. The monoisotopic (exact) mass is 240 g/mol. The molecule has 1 unspecified atom stereocenters. The number of hydrogen-bond donors (Lipinski definition) is 2. The first-order valence-electron chi connectivity index (χ1n) is 3.67. The second-order valence-electron chi connectivity index (χ2n) is 2.64. The van der Waals surface area contributed by atoms with Crippen molar-refractivity contribution in [1.82, 2.24) is 0 Å². The van der Waals surface area contributed by atoms with E-state index >= 15 is 0 Å². The van der Waals surface area contributed by atoms with Crippen LogP contribution in [0.25, 0.3) is 0 Å². The zero-order valence-electron chi connectivity index (χ0n) is 8.99. The standard InChI is InChI=1S/C8H8O5S.Na.H/c9-8(10)7(14(11,12)13)6-4-2-1-3-5-6;;/h1-5,7H,(H,9,10)(H,11,12,13);;/q;+1;-1. The van der Waals surface area contributed by atoms with E-state index in [9.17, 15) is 13.2 Å². The number of benzene rings is 1. The van der Waals surface area contributed by atoms with Crippen molar-refractivity contribution >= 4 is 16.1 Å². The minimum atomic E-state index is -4.62. The summed E-state index contributed by atoms with van der Waals surface area (Å²) < 4.78 is 30.2. The van der Waals surface area contributed by atoms with Crippen molar-refractivity contribution in [3.63, 3.8) is 0 Å². The van der Waals surface area contributed by atoms with Gasteiger partial charge in [-0.3, -0.25) is 9.35 Å². The van der Waals surface area contributed by atoms with Crippen LogP contribution in [0.2, 0.25) is 0 Å². The summed E-state index contributed by atoms with van der Waals surface area (Å²) in [6, 6.07) is 7.26. The summed E-state index contributed by atoms with van der Waals surface area (Å²) in [5.74, 6) is -1.60. The summed E-state index contributed by atoms with van der Waals surface area (Å²) in [5.41, 5.74) is 0.0301. The normalized spacial score (nSPS) is 12.6. The van der Waals surface area contributed by atoms with Crippen LogP contribution < -0.4 is 29.6 Å². The van der Waals surface area contributed by atoms with Crippen molar-refractivity contribution in [3.8, 4) is 0 Å². The maximum absolute atomic E-state index is 10.7. The molecule has 15 heavy (non-hydrogen) atoms. The van der Waals surface area contributed by atoms with Crippen LogP contribution in [0.4, 0.5) is 0 Å². The Hall–Kier alpha value is -0.400. The minimum absolute atomic E-state index is 0. The van der Waals surface area contributed by atoms with Crippen molar-refractivity contribution in [2.24, 2.45) is 0 Å². The third kappa shape index (κ3) is 3.92. The average molecular weight is 240 g/mol. The minimum Gasteiger partial charge on any atom is -1.00 e. The maximum atomic E-state index is 10.7. The SMILES string of the molecule is O=C(O)C(c1ccccc1)S(=O)(=O)O.[H-].[Na+]. The quantitative estimate of drug-likeness (QED) is 0.463. The van der Waals surface area contributed by atoms with Gasteiger partial charge in [0.05, 0.1) is 0 Å². The van der Waals surface area contributed by atoms with E-state index in [0.717, 1.165) is 0 Å². The van der Waals surface area contributed by atoms with Crippen molar-refractivity contribution in [2.45, 2.75) is 5.25 Å². The van der Waals surface area contributed by atoms with Crippen LogP contribution >= 0.6 is 0 Å². The fraction of sp³-hybridized carbons (Fsp3) is 0.125.